The summed E-state index contributed by atoms with van der Waals surface area (Å²) in [6.45, 7) is 6.84. The van der Waals surface area contributed by atoms with E-state index < -0.39 is 0 Å². The number of aromatic nitrogens is 2. The molecule has 0 bridgehead atoms. The van der Waals surface area contributed by atoms with Crippen LogP contribution in [-0.2, 0) is 22.4 Å². The first-order chi connectivity index (χ1) is 11.3. The van der Waals surface area contributed by atoms with Gasteiger partial charge in [0.25, 0.3) is 5.56 Å². The van der Waals surface area contributed by atoms with E-state index in [1.54, 1.807) is 11.3 Å². The number of aromatic amines is 1. The zero-order valence-electron chi connectivity index (χ0n) is 14.4. The van der Waals surface area contributed by atoms with Crippen LogP contribution >= 0.6 is 23.1 Å². The number of rotatable bonds is 3. The van der Waals surface area contributed by atoms with Gasteiger partial charge >= 0.3 is 5.97 Å². The summed E-state index contributed by atoms with van der Waals surface area (Å²) in [6, 6.07) is 0. The second-order valence-electron chi connectivity index (χ2n) is 7.23. The second-order valence-corrected chi connectivity index (χ2v) is 9.27. The van der Waals surface area contributed by atoms with Crippen molar-refractivity contribution < 1.29 is 9.53 Å². The lowest BCUT2D eigenvalue weighted by Gasteiger charge is -2.33. The number of hydrogen-bond acceptors (Lipinski definition) is 6. The first kappa shape index (κ1) is 17.5. The number of carbonyl (C=O) groups is 1. The Hall–Kier alpha value is -1.34. The molecule has 1 N–H and O–H groups in total. The predicted molar refractivity (Wildman–Crippen MR) is 98.0 cm³/mol. The molecule has 7 heteroatoms. The number of nitrogens with one attached hydrogen (secondary N) is 1. The number of hydrogen-bond donors (Lipinski definition) is 1. The minimum Gasteiger partial charge on any atom is -0.468 e. The molecule has 0 saturated carbocycles. The third kappa shape index (κ3) is 3.37. The van der Waals surface area contributed by atoms with Crippen LogP contribution in [0.3, 0.4) is 0 Å². The van der Waals surface area contributed by atoms with E-state index >= 15 is 0 Å². The molecular weight excluding hydrogens is 344 g/mol. The molecule has 1 atom stereocenters. The van der Waals surface area contributed by atoms with Crippen molar-refractivity contribution in [3.05, 3.63) is 20.8 Å². The van der Waals surface area contributed by atoms with Crippen LogP contribution in [0.15, 0.2) is 9.95 Å². The fourth-order valence-electron chi connectivity index (χ4n) is 3.16. The molecule has 0 aliphatic heterocycles. The molecule has 5 nitrogen and oxygen atoms in total. The number of ether oxygens (including phenoxy) is 1. The van der Waals surface area contributed by atoms with E-state index in [1.165, 1.54) is 29.3 Å². The van der Waals surface area contributed by atoms with Gasteiger partial charge in [0.2, 0.25) is 0 Å². The van der Waals surface area contributed by atoms with Gasteiger partial charge in [-0.05, 0) is 36.2 Å². The van der Waals surface area contributed by atoms with Crippen molar-refractivity contribution in [2.24, 2.45) is 11.3 Å². The van der Waals surface area contributed by atoms with Crippen LogP contribution in [0.25, 0.3) is 10.2 Å². The summed E-state index contributed by atoms with van der Waals surface area (Å²) in [5.74, 6) is 0.439. The maximum absolute atomic E-state index is 12.5. The van der Waals surface area contributed by atoms with Crippen LogP contribution in [0.2, 0.25) is 0 Å². The summed E-state index contributed by atoms with van der Waals surface area (Å²) >= 11 is 2.83. The third-order valence-corrected chi connectivity index (χ3v) is 6.67. The SMILES string of the molecule is COC(=O)CSc1nc2sc3c(c2c(=O)[nH]1)CC[C@@H](C(C)(C)C)C3. The number of aryl methyl sites for hydroxylation is 1. The quantitative estimate of drug-likeness (QED) is 0.512. The smallest absolute Gasteiger partial charge is 0.316 e. The van der Waals surface area contributed by atoms with Gasteiger partial charge in [0.1, 0.15) is 4.83 Å². The third-order valence-electron chi connectivity index (χ3n) is 4.68. The molecule has 2 aromatic rings. The van der Waals surface area contributed by atoms with Crippen LogP contribution < -0.4 is 5.56 Å². The molecule has 2 heterocycles. The highest BCUT2D eigenvalue weighted by Gasteiger charge is 2.31. The number of H-pyrrole nitrogens is 1. The van der Waals surface area contributed by atoms with E-state index in [-0.39, 0.29) is 22.7 Å². The molecular formula is C17H22N2O3S2. The molecule has 0 fully saturated rings. The van der Waals surface area contributed by atoms with Crippen molar-refractivity contribution in [2.45, 2.75) is 45.2 Å². The van der Waals surface area contributed by atoms with Crippen LogP contribution in [-0.4, -0.2) is 28.8 Å². The molecule has 0 radical (unpaired) electrons. The first-order valence-corrected chi connectivity index (χ1v) is 9.84. The number of methoxy groups -OCH3 is 1. The Bertz CT molecular complexity index is 833. The molecule has 0 aromatic carbocycles. The van der Waals surface area contributed by atoms with Crippen molar-refractivity contribution in [1.29, 1.82) is 0 Å². The minimum absolute atomic E-state index is 0.0981. The Morgan fingerprint density at radius 2 is 2.21 bits per heavy atom. The number of nitrogens with zero attached hydrogens (tertiary/aromatic N) is 1. The summed E-state index contributed by atoms with van der Waals surface area (Å²) in [6.07, 6.45) is 3.07. The van der Waals surface area contributed by atoms with Crippen LogP contribution in [0.1, 0.15) is 37.6 Å². The molecule has 0 spiro atoms. The second kappa shape index (κ2) is 6.52. The number of fused-ring (bicyclic) bond motifs is 3. The van der Waals surface area contributed by atoms with Gasteiger partial charge in [0.15, 0.2) is 5.16 Å². The number of carbonyl (C=O) groups excluding carboxylic acids is 1. The highest BCUT2D eigenvalue weighted by atomic mass is 32.2. The number of thioether (sulfide) groups is 1. The number of thiophene rings is 1. The molecule has 0 saturated heterocycles. The summed E-state index contributed by atoms with van der Waals surface area (Å²) < 4.78 is 4.62. The first-order valence-electron chi connectivity index (χ1n) is 8.03. The molecule has 3 rings (SSSR count). The van der Waals surface area contributed by atoms with Gasteiger partial charge in [0, 0.05) is 4.88 Å². The zero-order chi connectivity index (χ0) is 17.5. The van der Waals surface area contributed by atoms with Gasteiger partial charge < -0.3 is 9.72 Å². The standard InChI is InChI=1S/C17H22N2O3S2/c1-17(2,3)9-5-6-10-11(7-9)24-15-13(10)14(21)18-16(19-15)23-8-12(20)22-4/h9H,5-8H2,1-4H3,(H,18,19,21)/t9-/m1/s1. The Labute approximate surface area is 149 Å². The van der Waals surface area contributed by atoms with Crippen molar-refractivity contribution in [3.63, 3.8) is 0 Å². The van der Waals surface area contributed by atoms with Crippen molar-refractivity contribution in [1.82, 2.24) is 9.97 Å². The van der Waals surface area contributed by atoms with Gasteiger partial charge in [-0.2, -0.15) is 0 Å². The maximum atomic E-state index is 12.5. The van der Waals surface area contributed by atoms with E-state index in [4.69, 9.17) is 0 Å². The summed E-state index contributed by atoms with van der Waals surface area (Å²) in [7, 11) is 1.35. The molecule has 1 aliphatic carbocycles. The monoisotopic (exact) mass is 366 g/mol. The van der Waals surface area contributed by atoms with Gasteiger partial charge in [-0.1, -0.05) is 32.5 Å². The lowest BCUT2D eigenvalue weighted by molar-refractivity contribution is -0.137. The highest BCUT2D eigenvalue weighted by molar-refractivity contribution is 7.99. The summed E-state index contributed by atoms with van der Waals surface area (Å²) in [5, 5.41) is 1.22. The van der Waals surface area contributed by atoms with Gasteiger partial charge in [-0.3, -0.25) is 9.59 Å². The van der Waals surface area contributed by atoms with Gasteiger partial charge in [-0.25, -0.2) is 4.98 Å². The Morgan fingerprint density at radius 1 is 1.46 bits per heavy atom. The maximum Gasteiger partial charge on any atom is 0.316 e. The van der Waals surface area contributed by atoms with Crippen LogP contribution in [0.5, 0.6) is 0 Å². The van der Waals surface area contributed by atoms with E-state index in [0.29, 0.717) is 11.1 Å². The van der Waals surface area contributed by atoms with E-state index in [0.717, 1.165) is 29.5 Å². The van der Waals surface area contributed by atoms with Crippen molar-refractivity contribution in [2.75, 3.05) is 12.9 Å². The number of esters is 1. The van der Waals surface area contributed by atoms with E-state index in [2.05, 4.69) is 35.5 Å². The summed E-state index contributed by atoms with van der Waals surface area (Å²) in [5.41, 5.74) is 1.35. The normalized spacial score (nSPS) is 17.8. The average Bonchev–Trinajstić information content (AvgIpc) is 2.89. The molecule has 0 unspecified atom stereocenters. The van der Waals surface area contributed by atoms with Crippen molar-refractivity contribution >= 4 is 39.3 Å². The lowest BCUT2D eigenvalue weighted by Crippen LogP contribution is -2.26. The summed E-state index contributed by atoms with van der Waals surface area (Å²) in [4.78, 5) is 33.2. The molecule has 2 aromatic heterocycles. The Morgan fingerprint density at radius 3 is 2.88 bits per heavy atom. The highest BCUT2D eigenvalue weighted by Crippen LogP contribution is 2.42. The predicted octanol–water partition coefficient (Wildman–Crippen LogP) is 3.40. The Balaban J connectivity index is 1.93. The minimum atomic E-state index is -0.332. The zero-order valence-corrected chi connectivity index (χ0v) is 16.0. The fourth-order valence-corrected chi connectivity index (χ4v) is 5.21. The molecule has 130 valence electrons. The van der Waals surface area contributed by atoms with Crippen LogP contribution in [0.4, 0.5) is 0 Å². The van der Waals surface area contributed by atoms with Crippen molar-refractivity contribution in [3.8, 4) is 0 Å². The molecule has 0 amide bonds. The average molecular weight is 367 g/mol. The van der Waals surface area contributed by atoms with Gasteiger partial charge in [0.05, 0.1) is 18.2 Å². The van der Waals surface area contributed by atoms with E-state index in [1.807, 2.05) is 0 Å². The lowest BCUT2D eigenvalue weighted by atomic mass is 9.72. The Kier molecular flexibility index (Phi) is 4.75. The van der Waals surface area contributed by atoms with E-state index in [9.17, 15) is 9.59 Å². The topological polar surface area (TPSA) is 72.0 Å². The van der Waals surface area contributed by atoms with Crippen LogP contribution in [0, 0.1) is 11.3 Å². The fraction of sp³-hybridized carbons (Fsp3) is 0.588. The largest absolute Gasteiger partial charge is 0.468 e. The molecule has 1 aliphatic rings. The van der Waals surface area contributed by atoms with Gasteiger partial charge in [-0.15, -0.1) is 11.3 Å². The molecule has 24 heavy (non-hydrogen) atoms.